The fourth-order valence-corrected chi connectivity index (χ4v) is 2.75. The number of carbonyl (C=O) groups is 1. The molecule has 0 bridgehead atoms. The normalized spacial score (nSPS) is 23.4. The van der Waals surface area contributed by atoms with Gasteiger partial charge < -0.3 is 4.90 Å². The molecule has 19 heavy (non-hydrogen) atoms. The Morgan fingerprint density at radius 1 is 1.42 bits per heavy atom. The van der Waals surface area contributed by atoms with Gasteiger partial charge in [0.15, 0.2) is 0 Å². The first kappa shape index (κ1) is 14.4. The lowest BCUT2D eigenvalue weighted by Crippen LogP contribution is -2.34. The van der Waals surface area contributed by atoms with E-state index in [1.54, 1.807) is 0 Å². The van der Waals surface area contributed by atoms with Gasteiger partial charge in [-0.3, -0.25) is 10.1 Å². The Morgan fingerprint density at radius 3 is 2.74 bits per heavy atom. The van der Waals surface area contributed by atoms with Crippen molar-refractivity contribution in [3.8, 4) is 0 Å². The number of hydrogen-bond acceptors (Lipinski definition) is 2. The second-order valence-electron chi connectivity index (χ2n) is 5.38. The minimum Gasteiger partial charge on any atom is -0.322 e. The van der Waals surface area contributed by atoms with Gasteiger partial charge in [-0.15, -0.1) is 0 Å². The van der Waals surface area contributed by atoms with Crippen LogP contribution in [0.5, 0.6) is 0 Å². The molecule has 2 unspecified atom stereocenters. The van der Waals surface area contributed by atoms with E-state index in [9.17, 15) is 4.79 Å². The van der Waals surface area contributed by atoms with E-state index in [1.807, 2.05) is 29.2 Å². The van der Waals surface area contributed by atoms with Crippen molar-refractivity contribution in [2.75, 3.05) is 6.54 Å². The second kappa shape index (κ2) is 5.93. The molecule has 104 valence electrons. The van der Waals surface area contributed by atoms with Crippen LogP contribution >= 0.6 is 11.6 Å². The molecule has 1 amide bonds. The van der Waals surface area contributed by atoms with E-state index in [0.29, 0.717) is 5.02 Å². The summed E-state index contributed by atoms with van der Waals surface area (Å²) in [6, 6.07) is 7.62. The maximum absolute atomic E-state index is 12.4. The Kier molecular flexibility index (Phi) is 4.48. The van der Waals surface area contributed by atoms with Crippen LogP contribution in [0, 0.1) is 5.92 Å². The van der Waals surface area contributed by atoms with Crippen LogP contribution in [0.25, 0.3) is 0 Å². The zero-order valence-electron chi connectivity index (χ0n) is 11.7. The molecule has 1 N–H and O–H groups in total. The summed E-state index contributed by atoms with van der Waals surface area (Å²) in [5.41, 5.74) is 1.05. The van der Waals surface area contributed by atoms with Crippen molar-refractivity contribution in [3.63, 3.8) is 0 Å². The van der Waals surface area contributed by atoms with Crippen LogP contribution in [0.3, 0.4) is 0 Å². The highest BCUT2D eigenvalue weighted by molar-refractivity contribution is 6.30. The Labute approximate surface area is 119 Å². The Balaban J connectivity index is 2.29. The Hall–Kier alpha value is -1.06. The van der Waals surface area contributed by atoms with Gasteiger partial charge in [-0.2, -0.15) is 0 Å². The maximum Gasteiger partial charge on any atom is 0.241 e. The molecular formula is C15H21ClN2O. The predicted octanol–water partition coefficient (Wildman–Crippen LogP) is 3.21. The number of rotatable bonds is 4. The molecule has 2 atom stereocenters. The zero-order chi connectivity index (χ0) is 14.0. The van der Waals surface area contributed by atoms with Gasteiger partial charge in [0.2, 0.25) is 5.91 Å². The van der Waals surface area contributed by atoms with Gasteiger partial charge in [-0.05, 0) is 30.0 Å². The van der Waals surface area contributed by atoms with Gasteiger partial charge in [0, 0.05) is 11.6 Å². The molecule has 1 heterocycles. The zero-order valence-corrected chi connectivity index (χ0v) is 12.4. The molecule has 0 aromatic heterocycles. The van der Waals surface area contributed by atoms with Crippen molar-refractivity contribution >= 4 is 17.5 Å². The van der Waals surface area contributed by atoms with E-state index in [0.717, 1.165) is 18.5 Å². The summed E-state index contributed by atoms with van der Waals surface area (Å²) in [5, 5.41) is 4.14. The molecule has 0 spiro atoms. The van der Waals surface area contributed by atoms with Crippen LogP contribution in [0.2, 0.25) is 5.02 Å². The lowest BCUT2D eigenvalue weighted by Gasteiger charge is -2.24. The first-order chi connectivity index (χ1) is 9.04. The highest BCUT2D eigenvalue weighted by atomic mass is 35.5. The van der Waals surface area contributed by atoms with Gasteiger partial charge in [0.25, 0.3) is 0 Å². The molecule has 1 fully saturated rings. The van der Waals surface area contributed by atoms with Crippen molar-refractivity contribution in [1.82, 2.24) is 10.2 Å². The van der Waals surface area contributed by atoms with Gasteiger partial charge >= 0.3 is 0 Å². The molecule has 2 rings (SSSR count). The molecule has 3 nitrogen and oxygen atoms in total. The molecule has 1 saturated heterocycles. The molecule has 1 aliphatic heterocycles. The van der Waals surface area contributed by atoms with E-state index >= 15 is 0 Å². The summed E-state index contributed by atoms with van der Waals surface area (Å²) in [7, 11) is 0. The minimum absolute atomic E-state index is 0.0569. The first-order valence-corrected chi connectivity index (χ1v) is 7.24. The molecule has 0 radical (unpaired) electrons. The van der Waals surface area contributed by atoms with E-state index in [1.165, 1.54) is 0 Å². The van der Waals surface area contributed by atoms with Crippen molar-refractivity contribution in [1.29, 1.82) is 0 Å². The van der Waals surface area contributed by atoms with E-state index in [2.05, 4.69) is 26.1 Å². The average Bonchev–Trinajstić information content (AvgIpc) is 2.68. The van der Waals surface area contributed by atoms with E-state index < -0.39 is 0 Å². The standard InChI is InChI=1S/C15H21ClN2O/c1-4-8-18-14(11-6-5-7-12(16)9-11)17-13(10(2)3)15(18)19/h5-7,9-10,13-14,17H,4,8H2,1-3H3. The molecule has 0 saturated carbocycles. The summed E-state index contributed by atoms with van der Waals surface area (Å²) >= 11 is 6.05. The summed E-state index contributed by atoms with van der Waals surface area (Å²) in [4.78, 5) is 14.4. The van der Waals surface area contributed by atoms with Gasteiger partial charge in [-0.25, -0.2) is 0 Å². The minimum atomic E-state index is -0.101. The highest BCUT2D eigenvalue weighted by Crippen LogP contribution is 2.29. The number of nitrogens with zero attached hydrogens (tertiary/aromatic N) is 1. The third-order valence-corrected chi connectivity index (χ3v) is 3.73. The molecule has 0 aliphatic carbocycles. The topological polar surface area (TPSA) is 32.3 Å². The van der Waals surface area contributed by atoms with Crippen LogP contribution in [0.15, 0.2) is 24.3 Å². The number of carbonyl (C=O) groups excluding carboxylic acids is 1. The van der Waals surface area contributed by atoms with Crippen LogP contribution in [0.4, 0.5) is 0 Å². The number of halogens is 1. The SMILES string of the molecule is CCCN1C(=O)C(C(C)C)NC1c1cccc(Cl)c1. The van der Waals surface area contributed by atoms with Crippen molar-refractivity contribution in [3.05, 3.63) is 34.9 Å². The first-order valence-electron chi connectivity index (χ1n) is 6.86. The monoisotopic (exact) mass is 280 g/mol. The Morgan fingerprint density at radius 2 is 2.16 bits per heavy atom. The van der Waals surface area contributed by atoms with Crippen molar-refractivity contribution in [2.45, 2.75) is 39.4 Å². The third-order valence-electron chi connectivity index (χ3n) is 3.49. The maximum atomic E-state index is 12.4. The molecule has 1 aromatic carbocycles. The smallest absolute Gasteiger partial charge is 0.241 e. The number of nitrogens with one attached hydrogen (secondary N) is 1. The molecule has 1 aliphatic rings. The summed E-state index contributed by atoms with van der Waals surface area (Å²) in [6.07, 6.45) is 0.897. The van der Waals surface area contributed by atoms with Crippen LogP contribution in [0.1, 0.15) is 38.9 Å². The Bertz CT molecular complexity index is 461. The molecule has 1 aromatic rings. The van der Waals surface area contributed by atoms with Gasteiger partial charge in [0.05, 0.1) is 6.04 Å². The number of amides is 1. The van der Waals surface area contributed by atoms with Crippen LogP contribution in [-0.4, -0.2) is 23.4 Å². The van der Waals surface area contributed by atoms with Crippen LogP contribution in [-0.2, 0) is 4.79 Å². The fourth-order valence-electron chi connectivity index (χ4n) is 2.55. The van der Waals surface area contributed by atoms with E-state index in [4.69, 9.17) is 11.6 Å². The van der Waals surface area contributed by atoms with E-state index in [-0.39, 0.29) is 24.0 Å². The quantitative estimate of drug-likeness (QED) is 0.919. The largest absolute Gasteiger partial charge is 0.322 e. The predicted molar refractivity (Wildman–Crippen MR) is 78.0 cm³/mol. The molecule has 4 heteroatoms. The third kappa shape index (κ3) is 2.93. The number of benzene rings is 1. The lowest BCUT2D eigenvalue weighted by molar-refractivity contribution is -0.130. The summed E-state index contributed by atoms with van der Waals surface area (Å²) in [6.45, 7) is 7.00. The average molecular weight is 281 g/mol. The number of hydrogen-bond donors (Lipinski definition) is 1. The van der Waals surface area contributed by atoms with Gasteiger partial charge in [0.1, 0.15) is 6.17 Å². The van der Waals surface area contributed by atoms with Crippen molar-refractivity contribution in [2.24, 2.45) is 5.92 Å². The molecular weight excluding hydrogens is 260 g/mol. The van der Waals surface area contributed by atoms with Crippen molar-refractivity contribution < 1.29 is 4.79 Å². The summed E-state index contributed by atoms with van der Waals surface area (Å²) in [5.74, 6) is 0.484. The second-order valence-corrected chi connectivity index (χ2v) is 5.81. The fraction of sp³-hybridized carbons (Fsp3) is 0.533. The summed E-state index contributed by atoms with van der Waals surface area (Å²) < 4.78 is 0. The highest BCUT2D eigenvalue weighted by Gasteiger charge is 2.40. The van der Waals surface area contributed by atoms with Gasteiger partial charge in [-0.1, -0.05) is 44.5 Å². The lowest BCUT2D eigenvalue weighted by atomic mass is 10.1. The van der Waals surface area contributed by atoms with Crippen LogP contribution < -0.4 is 5.32 Å².